The Morgan fingerprint density at radius 2 is 1.95 bits per heavy atom. The van der Waals surface area contributed by atoms with Crippen LogP contribution in [0.2, 0.25) is 5.02 Å². The minimum atomic E-state index is 0.547. The summed E-state index contributed by atoms with van der Waals surface area (Å²) in [5, 5.41) is 4.54. The van der Waals surface area contributed by atoms with Gasteiger partial charge < -0.3 is 5.32 Å². The standard InChI is InChI=1S/C17H27BrClN/c1-3-5-6-7-8-16(20-11-4-2)12-14-9-10-15(18)13-17(14)19/h9-10,13,16,20H,3-8,11-12H2,1-2H3. The van der Waals surface area contributed by atoms with Gasteiger partial charge in [0.15, 0.2) is 0 Å². The lowest BCUT2D eigenvalue weighted by Crippen LogP contribution is -2.31. The SMILES string of the molecule is CCCCCCC(Cc1ccc(Br)cc1Cl)NCCC. The fourth-order valence-corrected chi connectivity index (χ4v) is 3.15. The predicted octanol–water partition coefficient (Wildman–Crippen LogP) is 5.98. The molecule has 0 amide bonds. The van der Waals surface area contributed by atoms with E-state index < -0.39 is 0 Å². The predicted molar refractivity (Wildman–Crippen MR) is 93.7 cm³/mol. The Kier molecular flexibility index (Phi) is 9.58. The topological polar surface area (TPSA) is 12.0 Å². The summed E-state index contributed by atoms with van der Waals surface area (Å²) in [5.41, 5.74) is 1.25. The van der Waals surface area contributed by atoms with Gasteiger partial charge in [0.2, 0.25) is 0 Å². The molecule has 20 heavy (non-hydrogen) atoms. The summed E-state index contributed by atoms with van der Waals surface area (Å²) >= 11 is 9.80. The highest BCUT2D eigenvalue weighted by atomic mass is 79.9. The van der Waals surface area contributed by atoms with E-state index in [1.165, 1.54) is 44.1 Å². The molecule has 0 fully saturated rings. The van der Waals surface area contributed by atoms with Crippen LogP contribution >= 0.6 is 27.5 Å². The molecule has 1 N–H and O–H groups in total. The van der Waals surface area contributed by atoms with Crippen LogP contribution in [0.15, 0.2) is 22.7 Å². The minimum absolute atomic E-state index is 0.547. The van der Waals surface area contributed by atoms with Crippen molar-refractivity contribution in [2.24, 2.45) is 0 Å². The van der Waals surface area contributed by atoms with E-state index in [1.807, 2.05) is 6.07 Å². The van der Waals surface area contributed by atoms with Crippen LogP contribution in [0.4, 0.5) is 0 Å². The summed E-state index contributed by atoms with van der Waals surface area (Å²) < 4.78 is 1.05. The molecule has 0 radical (unpaired) electrons. The molecule has 0 spiro atoms. The normalized spacial score (nSPS) is 12.6. The Labute approximate surface area is 137 Å². The van der Waals surface area contributed by atoms with E-state index in [-0.39, 0.29) is 0 Å². The Hall–Kier alpha value is -0.0500. The number of hydrogen-bond donors (Lipinski definition) is 1. The maximum absolute atomic E-state index is 6.33. The van der Waals surface area contributed by atoms with Crippen LogP contribution in [0.25, 0.3) is 0 Å². The second kappa shape index (κ2) is 10.6. The van der Waals surface area contributed by atoms with E-state index in [4.69, 9.17) is 11.6 Å². The Morgan fingerprint density at radius 3 is 2.60 bits per heavy atom. The third-order valence-corrected chi connectivity index (χ3v) is 4.42. The average Bonchev–Trinajstić information content (AvgIpc) is 2.43. The van der Waals surface area contributed by atoms with Crippen molar-refractivity contribution in [1.29, 1.82) is 0 Å². The molecule has 3 heteroatoms. The molecule has 114 valence electrons. The third kappa shape index (κ3) is 7.10. The van der Waals surface area contributed by atoms with Crippen molar-refractivity contribution in [2.45, 2.75) is 64.8 Å². The van der Waals surface area contributed by atoms with Gasteiger partial charge in [0.25, 0.3) is 0 Å². The molecule has 1 atom stereocenters. The molecule has 1 nitrogen and oxygen atoms in total. The van der Waals surface area contributed by atoms with Crippen molar-refractivity contribution in [3.8, 4) is 0 Å². The second-order valence-corrected chi connectivity index (χ2v) is 6.76. The number of unbranched alkanes of at least 4 members (excludes halogenated alkanes) is 3. The highest BCUT2D eigenvalue weighted by molar-refractivity contribution is 9.10. The first-order chi connectivity index (χ1) is 9.67. The van der Waals surface area contributed by atoms with Crippen LogP contribution in [-0.4, -0.2) is 12.6 Å². The summed E-state index contributed by atoms with van der Waals surface area (Å²) in [4.78, 5) is 0. The van der Waals surface area contributed by atoms with E-state index in [1.54, 1.807) is 0 Å². The van der Waals surface area contributed by atoms with Gasteiger partial charge in [0.1, 0.15) is 0 Å². The van der Waals surface area contributed by atoms with E-state index in [0.717, 1.165) is 22.5 Å². The van der Waals surface area contributed by atoms with Gasteiger partial charge in [-0.05, 0) is 43.5 Å². The van der Waals surface area contributed by atoms with Gasteiger partial charge in [-0.2, -0.15) is 0 Å². The quantitative estimate of drug-likeness (QED) is 0.506. The lowest BCUT2D eigenvalue weighted by atomic mass is 10.00. The van der Waals surface area contributed by atoms with Crippen molar-refractivity contribution >= 4 is 27.5 Å². The lowest BCUT2D eigenvalue weighted by Gasteiger charge is -2.19. The van der Waals surface area contributed by atoms with Crippen LogP contribution in [-0.2, 0) is 6.42 Å². The van der Waals surface area contributed by atoms with Gasteiger partial charge in [0, 0.05) is 15.5 Å². The van der Waals surface area contributed by atoms with Crippen LogP contribution in [0.3, 0.4) is 0 Å². The van der Waals surface area contributed by atoms with Gasteiger partial charge in [-0.1, -0.05) is 73.1 Å². The average molecular weight is 361 g/mol. The molecular formula is C17H27BrClN. The van der Waals surface area contributed by atoms with Crippen molar-refractivity contribution in [1.82, 2.24) is 5.32 Å². The van der Waals surface area contributed by atoms with Crippen molar-refractivity contribution < 1.29 is 0 Å². The molecular weight excluding hydrogens is 334 g/mol. The van der Waals surface area contributed by atoms with Crippen LogP contribution < -0.4 is 5.32 Å². The number of benzene rings is 1. The molecule has 0 saturated carbocycles. The summed E-state index contributed by atoms with van der Waals surface area (Å²) in [6.45, 7) is 5.56. The fourth-order valence-electron chi connectivity index (χ4n) is 2.39. The highest BCUT2D eigenvalue weighted by Gasteiger charge is 2.11. The summed E-state index contributed by atoms with van der Waals surface area (Å²) in [6, 6.07) is 6.75. The zero-order chi connectivity index (χ0) is 14.8. The monoisotopic (exact) mass is 359 g/mol. The van der Waals surface area contributed by atoms with E-state index in [0.29, 0.717) is 6.04 Å². The number of nitrogens with one attached hydrogen (secondary N) is 1. The van der Waals surface area contributed by atoms with Gasteiger partial charge in [0.05, 0.1) is 0 Å². The maximum Gasteiger partial charge on any atom is 0.0449 e. The lowest BCUT2D eigenvalue weighted by molar-refractivity contribution is 0.453. The third-order valence-electron chi connectivity index (χ3n) is 3.57. The van der Waals surface area contributed by atoms with Gasteiger partial charge >= 0.3 is 0 Å². The first-order valence-corrected chi connectivity index (χ1v) is 9.01. The number of halogens is 2. The van der Waals surface area contributed by atoms with E-state index in [2.05, 4.69) is 47.2 Å². The Bertz CT molecular complexity index is 381. The van der Waals surface area contributed by atoms with Crippen molar-refractivity contribution in [2.75, 3.05) is 6.54 Å². The molecule has 1 aromatic carbocycles. The zero-order valence-corrected chi connectivity index (χ0v) is 15.1. The molecule has 0 aliphatic carbocycles. The first-order valence-electron chi connectivity index (χ1n) is 7.84. The summed E-state index contributed by atoms with van der Waals surface area (Å²) in [6.07, 6.45) is 8.74. The minimum Gasteiger partial charge on any atom is -0.314 e. The molecule has 0 aliphatic rings. The highest BCUT2D eigenvalue weighted by Crippen LogP contribution is 2.23. The van der Waals surface area contributed by atoms with Crippen LogP contribution in [0.5, 0.6) is 0 Å². The van der Waals surface area contributed by atoms with E-state index >= 15 is 0 Å². The van der Waals surface area contributed by atoms with Gasteiger partial charge in [-0.3, -0.25) is 0 Å². The van der Waals surface area contributed by atoms with Gasteiger partial charge in [-0.25, -0.2) is 0 Å². The van der Waals surface area contributed by atoms with E-state index in [9.17, 15) is 0 Å². The zero-order valence-electron chi connectivity index (χ0n) is 12.7. The summed E-state index contributed by atoms with van der Waals surface area (Å²) in [5.74, 6) is 0. The van der Waals surface area contributed by atoms with Crippen LogP contribution in [0.1, 0.15) is 57.9 Å². The molecule has 0 bridgehead atoms. The second-order valence-electron chi connectivity index (χ2n) is 5.44. The molecule has 0 aliphatic heterocycles. The largest absolute Gasteiger partial charge is 0.314 e. The molecule has 0 saturated heterocycles. The molecule has 1 aromatic rings. The van der Waals surface area contributed by atoms with Crippen molar-refractivity contribution in [3.63, 3.8) is 0 Å². The molecule has 0 heterocycles. The molecule has 1 unspecified atom stereocenters. The van der Waals surface area contributed by atoms with Gasteiger partial charge in [-0.15, -0.1) is 0 Å². The molecule has 1 rings (SSSR count). The summed E-state index contributed by atoms with van der Waals surface area (Å²) in [7, 11) is 0. The Balaban J connectivity index is 2.53. The first kappa shape index (κ1) is 18.0. The van der Waals surface area contributed by atoms with Crippen molar-refractivity contribution in [3.05, 3.63) is 33.3 Å². The number of hydrogen-bond acceptors (Lipinski definition) is 1. The number of rotatable bonds is 10. The Morgan fingerprint density at radius 1 is 1.15 bits per heavy atom. The smallest absolute Gasteiger partial charge is 0.0449 e. The van der Waals surface area contributed by atoms with Crippen LogP contribution in [0, 0.1) is 0 Å². The fraction of sp³-hybridized carbons (Fsp3) is 0.647. The molecule has 0 aromatic heterocycles. The maximum atomic E-state index is 6.33.